The predicted molar refractivity (Wildman–Crippen MR) is 530 cm³/mol. The summed E-state index contributed by atoms with van der Waals surface area (Å²) in [5.74, 6) is -5.83. The molecule has 11 fully saturated rings. The quantitative estimate of drug-likeness (QED) is 0.0256. The lowest BCUT2D eigenvalue weighted by Crippen LogP contribution is -2.47. The highest BCUT2D eigenvalue weighted by atomic mass is 16.8. The van der Waals surface area contributed by atoms with Crippen LogP contribution in [0.25, 0.3) is 0 Å². The van der Waals surface area contributed by atoms with Crippen LogP contribution in [0.2, 0.25) is 0 Å². The molecule has 0 amide bonds. The van der Waals surface area contributed by atoms with Gasteiger partial charge in [-0.05, 0) is 88.7 Å². The number of esters is 7. The molecule has 0 radical (unpaired) electrons. The minimum atomic E-state index is -1.08. The normalized spacial score (nSPS) is 31.1. The topological polar surface area (TPSA) is 359 Å². The van der Waals surface area contributed by atoms with Crippen LogP contribution in [0.5, 0.6) is 0 Å². The summed E-state index contributed by atoms with van der Waals surface area (Å²) in [6.07, 6.45) is 66.4. The zero-order chi connectivity index (χ0) is 101. The summed E-state index contributed by atoms with van der Waals surface area (Å²) in [5.41, 5.74) is 0. The van der Waals surface area contributed by atoms with Crippen molar-refractivity contribution in [1.29, 1.82) is 0 Å². The summed E-state index contributed by atoms with van der Waals surface area (Å²) >= 11 is 0. The lowest BCUT2D eigenvalue weighted by Gasteiger charge is -2.41. The monoisotopic (exact) mass is 1990 g/mol. The van der Waals surface area contributed by atoms with Crippen LogP contribution in [0, 0.1) is 5.92 Å². The van der Waals surface area contributed by atoms with Crippen LogP contribution in [0.1, 0.15) is 486 Å². The fourth-order valence-corrected chi connectivity index (χ4v) is 23.4. The van der Waals surface area contributed by atoms with E-state index in [2.05, 4.69) is 27.7 Å². The fraction of sp³-hybridized carbons (Fsp3) is 0.867. The second kappa shape index (κ2) is 62.4. The summed E-state index contributed by atoms with van der Waals surface area (Å²) in [5, 5.41) is 10.6. The van der Waals surface area contributed by atoms with Gasteiger partial charge in [0.1, 0.15) is 84.2 Å². The molecule has 13 aliphatic heterocycles. The first-order valence-corrected chi connectivity index (χ1v) is 56.6. The molecule has 0 saturated carbocycles. The van der Waals surface area contributed by atoms with Crippen LogP contribution in [-0.4, -0.2) is 203 Å². The molecule has 0 aromatic heterocycles. The van der Waals surface area contributed by atoms with Crippen molar-refractivity contribution >= 4 is 64.9 Å². The van der Waals surface area contributed by atoms with E-state index >= 15 is 0 Å². The molecule has 23 atom stereocenters. The Bertz CT molecular complexity index is 3840. The smallest absolute Gasteiger partial charge is 0.330 e. The van der Waals surface area contributed by atoms with Crippen molar-refractivity contribution in [3.05, 3.63) is 24.3 Å². The van der Waals surface area contributed by atoms with Gasteiger partial charge in [-0.2, -0.15) is 0 Å². The highest BCUT2D eigenvalue weighted by Gasteiger charge is 2.60. The first kappa shape index (κ1) is 117. The summed E-state index contributed by atoms with van der Waals surface area (Å²) in [4.78, 5) is 132. The number of fused-ring (bicyclic) bond motifs is 4. The zero-order valence-corrected chi connectivity index (χ0v) is 87.6. The molecule has 4 spiro atoms. The third-order valence-corrected chi connectivity index (χ3v) is 30.4. The van der Waals surface area contributed by atoms with Crippen molar-refractivity contribution in [3.63, 3.8) is 0 Å². The molecule has 28 nitrogen and oxygen atoms in total. The van der Waals surface area contributed by atoms with Crippen molar-refractivity contribution in [2.24, 2.45) is 5.92 Å². The van der Waals surface area contributed by atoms with Gasteiger partial charge in [-0.3, -0.25) is 43.2 Å². The van der Waals surface area contributed by atoms with Crippen molar-refractivity contribution in [3.8, 4) is 0 Å². The fourth-order valence-electron chi connectivity index (χ4n) is 23.4. The molecule has 28 heteroatoms. The average molecular weight is 1990 g/mol. The molecule has 13 heterocycles. The Labute approximate surface area is 843 Å². The molecule has 11 saturated heterocycles. The number of Topliss-reactive ketones (excluding diaryl/α,β-unsaturated/α-hetero) is 4. The molecule has 0 aromatic carbocycles. The Hall–Kier alpha value is -5.95. The minimum absolute atomic E-state index is 0.0320. The first-order valence-electron chi connectivity index (χ1n) is 56.6. The standard InChI is InChI=1S/C29H48O7.C28H42O7.C28H48O7.C28H44O7/c1-4-5-6-7-8-9-10-11-12-13-14-15-24(33-22(3)30)18-25-17-23(31)19-29(35-25)20-26-28(36-29)21(2)16-27(32)34-26;1-2-23-24(32-23)13-11-9-7-5-3-4-6-8-10-12-20(29)16-22-17-21(30)18-28(34-22)19-26-25(35-28)14-15-27(31)33-26;2*1-3-4-5-6-7-8-9-10-11-12-13-14-23(32-21(2)29)18-24-17-22(30)19-28(34-24)20-26-25(35-28)15-16-27(31)33-26/h21,24-26,28H,4-20H2,1-3H3;14-15,22-26H,2-13,16-19H2,1H3;22-26,30H,3-20H2,1-2H3;15-16,23-26H,3-14,17-20H2,1-2H3. The number of hydrogen-bond donors (Lipinski definition) is 1. The van der Waals surface area contributed by atoms with Crippen LogP contribution in [0.4, 0.5) is 0 Å². The number of aliphatic hydroxyl groups excluding tert-OH is 1. The van der Waals surface area contributed by atoms with Gasteiger partial charge in [0.2, 0.25) is 0 Å². The van der Waals surface area contributed by atoms with Gasteiger partial charge in [0.15, 0.2) is 23.1 Å². The van der Waals surface area contributed by atoms with Crippen molar-refractivity contribution < 1.29 is 134 Å². The molecule has 802 valence electrons. The number of rotatable bonds is 60. The van der Waals surface area contributed by atoms with E-state index < -0.39 is 59.5 Å². The molecule has 13 rings (SSSR count). The van der Waals surface area contributed by atoms with Gasteiger partial charge in [0.05, 0.1) is 74.5 Å². The maximum absolute atomic E-state index is 12.7. The molecular weight excluding hydrogens is 1810 g/mol. The van der Waals surface area contributed by atoms with E-state index in [4.69, 9.17) is 75.8 Å². The van der Waals surface area contributed by atoms with Gasteiger partial charge in [-0.15, -0.1) is 0 Å². The number of aliphatic hydroxyl groups is 1. The van der Waals surface area contributed by atoms with E-state index in [1.165, 1.54) is 258 Å². The SMILES string of the molecule is CCC1OC1CCCCCCCCCCCC(=O)CC1CC(=O)CC2(CC3OC(=O)C=CC3O2)O1.CCCCCCCCCCCCCC(CC1CC(=O)CC2(CC3OC(=O)C=CC3O2)O1)OC(C)=O.CCCCCCCCCCCCCC(CC1CC(=O)CC2(CC3OC(=O)CC(C)C3O2)O1)OC(C)=O.CCCCCCCCCCCCCC(CC1CC(O)CC2(CC3OC(=O)CCC3O2)O1)OC(C)=O. The highest BCUT2D eigenvalue weighted by Crippen LogP contribution is 2.50. The van der Waals surface area contributed by atoms with Crippen LogP contribution < -0.4 is 0 Å². The van der Waals surface area contributed by atoms with Gasteiger partial charge in [-0.25, -0.2) is 9.59 Å². The number of epoxide rings is 1. The zero-order valence-electron chi connectivity index (χ0n) is 87.6. The lowest BCUT2D eigenvalue weighted by atomic mass is 9.90. The second-order valence-electron chi connectivity index (χ2n) is 43.6. The number of carbonyl (C=O) groups is 11. The molecule has 23 unspecified atom stereocenters. The second-order valence-corrected chi connectivity index (χ2v) is 43.6. The lowest BCUT2D eigenvalue weighted by molar-refractivity contribution is -0.290. The van der Waals surface area contributed by atoms with E-state index in [-0.39, 0.29) is 171 Å². The molecule has 0 aliphatic carbocycles. The third-order valence-electron chi connectivity index (χ3n) is 30.4. The largest absolute Gasteiger partial charge is 0.462 e. The predicted octanol–water partition coefficient (Wildman–Crippen LogP) is 22.8. The van der Waals surface area contributed by atoms with E-state index in [9.17, 15) is 57.8 Å². The molecular formula is C113H182O28. The van der Waals surface area contributed by atoms with Gasteiger partial charge >= 0.3 is 41.8 Å². The van der Waals surface area contributed by atoms with Crippen molar-refractivity contribution in [1.82, 2.24) is 0 Å². The number of carbonyl (C=O) groups excluding carboxylic acids is 11. The summed E-state index contributed by atoms with van der Waals surface area (Å²) in [7, 11) is 0. The molecule has 13 aliphatic rings. The number of ether oxygens (including phenoxy) is 16. The summed E-state index contributed by atoms with van der Waals surface area (Å²) in [6.45, 7) is 15.2. The van der Waals surface area contributed by atoms with Gasteiger partial charge in [-0.1, -0.05) is 279 Å². The number of hydrogen-bond acceptors (Lipinski definition) is 28. The third kappa shape index (κ3) is 42.7. The van der Waals surface area contributed by atoms with E-state index in [0.717, 1.165) is 77.0 Å². The van der Waals surface area contributed by atoms with Gasteiger partial charge < -0.3 is 80.9 Å². The van der Waals surface area contributed by atoms with Crippen molar-refractivity contribution in [2.45, 2.75) is 619 Å². The molecule has 1 N–H and O–H groups in total. The Morgan fingerprint density at radius 1 is 0.376 bits per heavy atom. The highest BCUT2D eigenvalue weighted by molar-refractivity contribution is 5.85. The molecule has 0 aromatic rings. The van der Waals surface area contributed by atoms with Gasteiger partial charge in [0.25, 0.3) is 0 Å². The summed E-state index contributed by atoms with van der Waals surface area (Å²) in [6, 6.07) is 0. The van der Waals surface area contributed by atoms with Crippen LogP contribution in [-0.2, 0) is 129 Å². The van der Waals surface area contributed by atoms with Gasteiger partial charge in [0, 0.05) is 123 Å². The number of unbranched alkanes of at least 4 members (excludes halogenated alkanes) is 38. The molecule has 0 bridgehead atoms. The Kier molecular flexibility index (Phi) is 51.7. The maximum atomic E-state index is 12.7. The Balaban J connectivity index is 0.000000193. The average Bonchev–Trinajstić information content (AvgIpc) is 1.63. The maximum Gasteiger partial charge on any atom is 0.330 e. The number of ketones is 4. The van der Waals surface area contributed by atoms with E-state index in [1.54, 1.807) is 12.2 Å². The van der Waals surface area contributed by atoms with Crippen molar-refractivity contribution in [2.75, 3.05) is 0 Å². The van der Waals surface area contributed by atoms with Crippen LogP contribution in [0.15, 0.2) is 24.3 Å². The first-order chi connectivity index (χ1) is 68.0. The van der Waals surface area contributed by atoms with Crippen LogP contribution >= 0.6 is 0 Å². The van der Waals surface area contributed by atoms with Crippen LogP contribution in [0.3, 0.4) is 0 Å². The minimum Gasteiger partial charge on any atom is -0.462 e. The Morgan fingerprint density at radius 2 is 0.745 bits per heavy atom. The molecule has 141 heavy (non-hydrogen) atoms. The van der Waals surface area contributed by atoms with E-state index in [1.807, 2.05) is 6.92 Å². The van der Waals surface area contributed by atoms with E-state index in [0.29, 0.717) is 102 Å². The summed E-state index contributed by atoms with van der Waals surface area (Å²) < 4.78 is 93.8. The Morgan fingerprint density at radius 3 is 1.17 bits per heavy atom.